The van der Waals surface area contributed by atoms with Gasteiger partial charge in [-0.05, 0) is 62.2 Å². The van der Waals surface area contributed by atoms with Gasteiger partial charge in [0.2, 0.25) is 0 Å². The molecule has 0 amide bonds. The summed E-state index contributed by atoms with van der Waals surface area (Å²) in [5.41, 5.74) is 1.87. The number of hydrogen-bond acceptors (Lipinski definition) is 3. The van der Waals surface area contributed by atoms with E-state index in [1.165, 1.54) is 4.88 Å². The second-order valence-corrected chi connectivity index (χ2v) is 7.90. The quantitative estimate of drug-likeness (QED) is 0.542. The molecule has 20 heavy (non-hydrogen) atoms. The minimum atomic E-state index is 0.674. The number of halogens is 3. The van der Waals surface area contributed by atoms with Crippen molar-refractivity contribution in [2.75, 3.05) is 5.32 Å². The molecule has 0 saturated carbocycles. The van der Waals surface area contributed by atoms with Crippen LogP contribution in [0.15, 0.2) is 44.8 Å². The number of pyridine rings is 1. The Balaban J connectivity index is 1.89. The summed E-state index contributed by atoms with van der Waals surface area (Å²) in [4.78, 5) is 5.58. The number of thiophene rings is 1. The Morgan fingerprint density at radius 2 is 2.10 bits per heavy atom. The summed E-state index contributed by atoms with van der Waals surface area (Å²) in [7, 11) is 0. The standard InChI is InChI=1S/C14H9Br2ClN2S/c15-10-6-8(20-14(10)16)7-19-12-4-3-11(17)13-9(12)2-1-5-18-13/h1-6,19H,7H2. The van der Waals surface area contributed by atoms with Crippen molar-refractivity contribution in [1.82, 2.24) is 4.98 Å². The van der Waals surface area contributed by atoms with Crippen LogP contribution in [0.3, 0.4) is 0 Å². The van der Waals surface area contributed by atoms with Crippen LogP contribution < -0.4 is 5.32 Å². The molecule has 0 bridgehead atoms. The number of nitrogens with zero attached hydrogens (tertiary/aromatic N) is 1. The van der Waals surface area contributed by atoms with Gasteiger partial charge in [0.1, 0.15) is 0 Å². The van der Waals surface area contributed by atoms with Gasteiger partial charge < -0.3 is 5.32 Å². The van der Waals surface area contributed by atoms with E-state index in [2.05, 4.69) is 48.2 Å². The zero-order valence-electron chi connectivity index (χ0n) is 10.2. The molecule has 1 aromatic carbocycles. The van der Waals surface area contributed by atoms with E-state index < -0.39 is 0 Å². The molecule has 2 heterocycles. The zero-order chi connectivity index (χ0) is 14.1. The lowest BCUT2D eigenvalue weighted by Gasteiger charge is -2.09. The van der Waals surface area contributed by atoms with Crippen LogP contribution in [-0.2, 0) is 6.54 Å². The van der Waals surface area contributed by atoms with Crippen molar-refractivity contribution in [1.29, 1.82) is 0 Å². The highest BCUT2D eigenvalue weighted by molar-refractivity contribution is 9.13. The minimum Gasteiger partial charge on any atom is -0.380 e. The van der Waals surface area contributed by atoms with Crippen LogP contribution in [0, 0.1) is 0 Å². The lowest BCUT2D eigenvalue weighted by molar-refractivity contribution is 1.20. The Bertz CT molecular complexity index is 753. The molecule has 6 heteroatoms. The first-order chi connectivity index (χ1) is 9.65. The molecule has 0 saturated heterocycles. The highest BCUT2D eigenvalue weighted by atomic mass is 79.9. The van der Waals surface area contributed by atoms with Crippen molar-refractivity contribution in [2.24, 2.45) is 0 Å². The number of anilines is 1. The molecule has 0 spiro atoms. The van der Waals surface area contributed by atoms with Crippen LogP contribution in [0.5, 0.6) is 0 Å². The second kappa shape index (κ2) is 6.02. The Morgan fingerprint density at radius 3 is 2.85 bits per heavy atom. The maximum atomic E-state index is 6.17. The van der Waals surface area contributed by atoms with E-state index in [0.29, 0.717) is 5.02 Å². The number of benzene rings is 1. The monoisotopic (exact) mass is 430 g/mol. The van der Waals surface area contributed by atoms with Crippen LogP contribution in [0.25, 0.3) is 10.9 Å². The third kappa shape index (κ3) is 2.86. The van der Waals surface area contributed by atoms with Crippen LogP contribution >= 0.6 is 54.8 Å². The first kappa shape index (κ1) is 14.3. The van der Waals surface area contributed by atoms with Gasteiger partial charge in [0, 0.05) is 33.2 Å². The Kier molecular flexibility index (Phi) is 4.31. The first-order valence-corrected chi connectivity index (χ1v) is 8.64. The summed E-state index contributed by atoms with van der Waals surface area (Å²) in [6, 6.07) is 9.92. The van der Waals surface area contributed by atoms with E-state index in [1.807, 2.05) is 24.3 Å². The summed E-state index contributed by atoms with van der Waals surface area (Å²) in [5, 5.41) is 5.15. The third-order valence-electron chi connectivity index (χ3n) is 2.87. The van der Waals surface area contributed by atoms with Crippen LogP contribution in [0.1, 0.15) is 4.88 Å². The summed E-state index contributed by atoms with van der Waals surface area (Å²) in [6.07, 6.45) is 1.76. The molecule has 2 nitrogen and oxygen atoms in total. The highest BCUT2D eigenvalue weighted by Gasteiger charge is 2.07. The van der Waals surface area contributed by atoms with Gasteiger partial charge in [-0.15, -0.1) is 11.3 Å². The average Bonchev–Trinajstić information content (AvgIpc) is 2.77. The van der Waals surface area contributed by atoms with Gasteiger partial charge >= 0.3 is 0 Å². The topological polar surface area (TPSA) is 24.9 Å². The SMILES string of the molecule is Clc1ccc(NCc2cc(Br)c(Br)s2)c2cccnc12. The zero-order valence-corrected chi connectivity index (χ0v) is 14.9. The smallest absolute Gasteiger partial charge is 0.0908 e. The van der Waals surface area contributed by atoms with Crippen molar-refractivity contribution in [3.63, 3.8) is 0 Å². The molecular weight excluding hydrogens is 423 g/mol. The van der Waals surface area contributed by atoms with Crippen molar-refractivity contribution in [2.45, 2.75) is 6.54 Å². The average molecular weight is 433 g/mol. The number of aromatic nitrogens is 1. The third-order valence-corrected chi connectivity index (χ3v) is 6.43. The van der Waals surface area contributed by atoms with Gasteiger partial charge in [-0.3, -0.25) is 4.98 Å². The van der Waals surface area contributed by atoms with E-state index in [1.54, 1.807) is 17.5 Å². The van der Waals surface area contributed by atoms with Crippen LogP contribution in [0.2, 0.25) is 5.02 Å². The molecule has 0 aliphatic rings. The van der Waals surface area contributed by atoms with Crippen molar-refractivity contribution < 1.29 is 0 Å². The fraction of sp³-hybridized carbons (Fsp3) is 0.0714. The predicted molar refractivity (Wildman–Crippen MR) is 93.8 cm³/mol. The number of rotatable bonds is 3. The fourth-order valence-electron chi connectivity index (χ4n) is 1.95. The molecule has 0 fully saturated rings. The summed E-state index contributed by atoms with van der Waals surface area (Å²) >= 11 is 14.9. The molecular formula is C14H9Br2ClN2S. The van der Waals surface area contributed by atoms with Gasteiger partial charge in [0.15, 0.2) is 0 Å². The molecule has 3 rings (SSSR count). The van der Waals surface area contributed by atoms with E-state index in [0.717, 1.165) is 31.4 Å². The van der Waals surface area contributed by atoms with Crippen LogP contribution in [-0.4, -0.2) is 4.98 Å². The first-order valence-electron chi connectivity index (χ1n) is 5.86. The highest BCUT2D eigenvalue weighted by Crippen LogP contribution is 2.33. The number of fused-ring (bicyclic) bond motifs is 1. The largest absolute Gasteiger partial charge is 0.380 e. The fourth-order valence-corrected chi connectivity index (χ4v) is 4.28. The summed E-state index contributed by atoms with van der Waals surface area (Å²) in [5.74, 6) is 0. The lowest BCUT2D eigenvalue weighted by atomic mass is 10.2. The summed E-state index contributed by atoms with van der Waals surface area (Å²) in [6.45, 7) is 0.764. The molecule has 2 aromatic heterocycles. The Hall–Kier alpha value is -0.620. The second-order valence-electron chi connectivity index (χ2n) is 4.18. The Labute approximate surface area is 142 Å². The molecule has 102 valence electrons. The molecule has 0 unspecified atom stereocenters. The lowest BCUT2D eigenvalue weighted by Crippen LogP contribution is -1.98. The number of nitrogens with one attached hydrogen (secondary N) is 1. The van der Waals surface area contributed by atoms with Gasteiger partial charge in [0.25, 0.3) is 0 Å². The van der Waals surface area contributed by atoms with Gasteiger partial charge in [-0.1, -0.05) is 11.6 Å². The molecule has 0 atom stereocenters. The van der Waals surface area contributed by atoms with E-state index in [9.17, 15) is 0 Å². The minimum absolute atomic E-state index is 0.674. The van der Waals surface area contributed by atoms with Crippen molar-refractivity contribution in [3.05, 3.63) is 54.7 Å². The van der Waals surface area contributed by atoms with E-state index in [4.69, 9.17) is 11.6 Å². The Morgan fingerprint density at radius 1 is 1.25 bits per heavy atom. The molecule has 3 aromatic rings. The van der Waals surface area contributed by atoms with Crippen LogP contribution in [0.4, 0.5) is 5.69 Å². The molecule has 1 N–H and O–H groups in total. The van der Waals surface area contributed by atoms with Gasteiger partial charge in [-0.25, -0.2) is 0 Å². The maximum Gasteiger partial charge on any atom is 0.0908 e. The molecule has 0 radical (unpaired) electrons. The van der Waals surface area contributed by atoms with E-state index >= 15 is 0 Å². The van der Waals surface area contributed by atoms with Gasteiger partial charge in [-0.2, -0.15) is 0 Å². The van der Waals surface area contributed by atoms with Crippen molar-refractivity contribution in [3.8, 4) is 0 Å². The molecule has 0 aliphatic carbocycles. The van der Waals surface area contributed by atoms with Gasteiger partial charge in [0.05, 0.1) is 14.3 Å². The van der Waals surface area contributed by atoms with E-state index in [-0.39, 0.29) is 0 Å². The normalized spacial score (nSPS) is 10.9. The number of hydrogen-bond donors (Lipinski definition) is 1. The molecule has 0 aliphatic heterocycles. The maximum absolute atomic E-state index is 6.17. The summed E-state index contributed by atoms with van der Waals surface area (Å²) < 4.78 is 2.19. The predicted octanol–water partition coefficient (Wildman–Crippen LogP) is 6.09. The van der Waals surface area contributed by atoms with Crippen molar-refractivity contribution >= 4 is 71.4 Å².